The molecule has 0 spiro atoms. The van der Waals surface area contributed by atoms with Gasteiger partial charge in [0.1, 0.15) is 11.6 Å². The lowest BCUT2D eigenvalue weighted by Crippen LogP contribution is -2.45. The zero-order chi connectivity index (χ0) is 27.6. The largest absolute Gasteiger partial charge is 0.573 e. The highest BCUT2D eigenvalue weighted by molar-refractivity contribution is 5.96. The third-order valence-corrected chi connectivity index (χ3v) is 7.52. The fraction of sp³-hybridized carbons (Fsp3) is 0.414. The summed E-state index contributed by atoms with van der Waals surface area (Å²) in [5, 5.41) is 1.08. The van der Waals surface area contributed by atoms with Crippen LogP contribution in [-0.2, 0) is 26.7 Å². The Morgan fingerprint density at radius 2 is 1.67 bits per heavy atom. The number of nitrogens with zero attached hydrogens (tertiary/aromatic N) is 5. The summed E-state index contributed by atoms with van der Waals surface area (Å²) in [4.78, 5) is 9.35. The van der Waals surface area contributed by atoms with Crippen LogP contribution in [-0.4, -0.2) is 63.0 Å². The molecule has 10 heteroatoms. The Bertz CT molecular complexity index is 1400. The molecule has 1 aliphatic rings. The average molecular weight is 541 g/mol. The molecular formula is C29H35F3N6O. The van der Waals surface area contributed by atoms with Gasteiger partial charge in [-0.1, -0.05) is 18.2 Å². The summed E-state index contributed by atoms with van der Waals surface area (Å²) < 4.78 is 46.3. The number of benzene rings is 2. The lowest BCUT2D eigenvalue weighted by molar-refractivity contribution is -0.274. The number of piperazine rings is 1. The Balaban J connectivity index is 1.32. The lowest BCUT2D eigenvalue weighted by Gasteiger charge is -2.34. The molecule has 7 nitrogen and oxygen atoms in total. The van der Waals surface area contributed by atoms with Crippen molar-refractivity contribution in [1.82, 2.24) is 23.9 Å². The Hall–Kier alpha value is -3.34. The molecule has 0 aliphatic carbocycles. The first kappa shape index (κ1) is 27.2. The maximum Gasteiger partial charge on any atom is 0.573 e. The van der Waals surface area contributed by atoms with Crippen LogP contribution in [0.2, 0.25) is 0 Å². The fourth-order valence-electron chi connectivity index (χ4n) is 5.24. The van der Waals surface area contributed by atoms with Crippen LogP contribution in [0.25, 0.3) is 22.0 Å². The summed E-state index contributed by atoms with van der Waals surface area (Å²) in [5.74, 6) is 0.803. The second-order valence-electron chi connectivity index (χ2n) is 10.2. The van der Waals surface area contributed by atoms with Gasteiger partial charge in [-0.05, 0) is 55.3 Å². The maximum atomic E-state index is 12.6. The molecular weight excluding hydrogens is 505 g/mol. The van der Waals surface area contributed by atoms with Gasteiger partial charge in [-0.2, -0.15) is 0 Å². The van der Waals surface area contributed by atoms with E-state index in [0.29, 0.717) is 6.54 Å². The van der Waals surface area contributed by atoms with Crippen molar-refractivity contribution < 1.29 is 17.9 Å². The third kappa shape index (κ3) is 6.46. The number of rotatable bonds is 9. The van der Waals surface area contributed by atoms with E-state index in [1.54, 1.807) is 12.1 Å². The van der Waals surface area contributed by atoms with E-state index in [2.05, 4.69) is 60.1 Å². The summed E-state index contributed by atoms with van der Waals surface area (Å²) in [5.41, 5.74) is 11.1. The minimum Gasteiger partial charge on any atom is -0.406 e. The first-order valence-corrected chi connectivity index (χ1v) is 13.3. The van der Waals surface area contributed by atoms with Crippen LogP contribution in [0, 0.1) is 6.92 Å². The molecule has 2 N–H and O–H groups in total. The normalized spacial score (nSPS) is 15.3. The van der Waals surface area contributed by atoms with E-state index >= 15 is 0 Å². The Morgan fingerprint density at radius 1 is 0.974 bits per heavy atom. The quantitative estimate of drug-likeness (QED) is 0.327. The van der Waals surface area contributed by atoms with Gasteiger partial charge in [0.25, 0.3) is 0 Å². The van der Waals surface area contributed by atoms with Crippen molar-refractivity contribution in [3.8, 4) is 16.9 Å². The number of ether oxygens (including phenoxy) is 1. The molecule has 0 bridgehead atoms. The van der Waals surface area contributed by atoms with E-state index in [1.165, 1.54) is 23.4 Å². The topological polar surface area (TPSA) is 64.5 Å². The highest BCUT2D eigenvalue weighted by atomic mass is 19.4. The number of alkyl halides is 3. The molecule has 4 aromatic rings. The highest BCUT2D eigenvalue weighted by Crippen LogP contribution is 2.34. The number of halogens is 3. The van der Waals surface area contributed by atoms with E-state index in [-0.39, 0.29) is 5.75 Å². The second-order valence-corrected chi connectivity index (χ2v) is 10.2. The van der Waals surface area contributed by atoms with Crippen LogP contribution in [0.4, 0.5) is 13.2 Å². The monoisotopic (exact) mass is 540 g/mol. The number of imidazole rings is 1. The summed E-state index contributed by atoms with van der Waals surface area (Å²) in [6.45, 7) is 9.11. The van der Waals surface area contributed by atoms with Crippen LogP contribution in [0.5, 0.6) is 5.75 Å². The van der Waals surface area contributed by atoms with Gasteiger partial charge in [0, 0.05) is 81.7 Å². The molecule has 2 aromatic heterocycles. The van der Waals surface area contributed by atoms with Gasteiger partial charge in [-0.25, -0.2) is 4.98 Å². The predicted octanol–water partition coefficient (Wildman–Crippen LogP) is 4.92. The van der Waals surface area contributed by atoms with Gasteiger partial charge in [-0.15, -0.1) is 13.2 Å². The van der Waals surface area contributed by atoms with E-state index < -0.39 is 6.36 Å². The van der Waals surface area contributed by atoms with Gasteiger partial charge < -0.3 is 19.6 Å². The molecule has 39 heavy (non-hydrogen) atoms. The Labute approximate surface area is 226 Å². The standard InChI is InChI=1S/C29H35F3N6O/c1-21-34-17-24(35(21)2)19-37-14-12-36(13-15-37)18-22-4-9-28-26(16-22)27(20-38(28)11-3-10-33)23-5-7-25(8-6-23)39-29(30,31)32/h4-9,16-17,20H,3,10-15,18-19,33H2,1-2H3. The first-order chi connectivity index (χ1) is 18.7. The van der Waals surface area contributed by atoms with E-state index in [1.807, 2.05) is 13.1 Å². The SMILES string of the molecule is Cc1ncc(CN2CCN(Cc3ccc4c(c3)c(-c3ccc(OC(F)(F)F)cc3)cn4CCCN)CC2)n1C. The molecule has 1 saturated heterocycles. The molecule has 0 unspecified atom stereocenters. The summed E-state index contributed by atoms with van der Waals surface area (Å²) in [7, 11) is 2.06. The van der Waals surface area contributed by atoms with Gasteiger partial charge in [0.05, 0.1) is 5.69 Å². The highest BCUT2D eigenvalue weighted by Gasteiger charge is 2.31. The molecule has 0 saturated carbocycles. The van der Waals surface area contributed by atoms with Gasteiger partial charge >= 0.3 is 6.36 Å². The average Bonchev–Trinajstić information content (AvgIpc) is 3.42. The van der Waals surface area contributed by atoms with Crippen molar-refractivity contribution in [2.45, 2.75) is 39.3 Å². The maximum absolute atomic E-state index is 12.6. The van der Waals surface area contributed by atoms with Crippen LogP contribution in [0.15, 0.2) is 54.9 Å². The lowest BCUT2D eigenvalue weighted by atomic mass is 10.0. The van der Waals surface area contributed by atoms with Crippen molar-refractivity contribution in [2.24, 2.45) is 12.8 Å². The molecule has 0 amide bonds. The van der Waals surface area contributed by atoms with Crippen LogP contribution in [0.3, 0.4) is 0 Å². The summed E-state index contributed by atoms with van der Waals surface area (Å²) in [6, 6.07) is 12.6. The van der Waals surface area contributed by atoms with Crippen molar-refractivity contribution in [2.75, 3.05) is 32.7 Å². The summed E-state index contributed by atoms with van der Waals surface area (Å²) in [6.07, 6.45) is 0.164. The molecule has 0 atom stereocenters. The van der Waals surface area contributed by atoms with E-state index in [4.69, 9.17) is 5.73 Å². The number of fused-ring (bicyclic) bond motifs is 1. The van der Waals surface area contributed by atoms with Crippen LogP contribution in [0.1, 0.15) is 23.5 Å². The molecule has 0 radical (unpaired) electrons. The zero-order valence-electron chi connectivity index (χ0n) is 22.4. The first-order valence-electron chi connectivity index (χ1n) is 13.3. The number of nitrogens with two attached hydrogens (primary N) is 1. The minimum absolute atomic E-state index is 0.225. The van der Waals surface area contributed by atoms with Gasteiger partial charge in [-0.3, -0.25) is 9.80 Å². The van der Waals surface area contributed by atoms with Crippen molar-refractivity contribution in [3.63, 3.8) is 0 Å². The molecule has 2 aromatic carbocycles. The van der Waals surface area contributed by atoms with Crippen molar-refractivity contribution in [1.29, 1.82) is 0 Å². The molecule has 1 aliphatic heterocycles. The van der Waals surface area contributed by atoms with Crippen LogP contribution >= 0.6 is 0 Å². The smallest absolute Gasteiger partial charge is 0.406 e. The Kier molecular flexibility index (Phi) is 7.97. The number of hydrogen-bond donors (Lipinski definition) is 1. The van der Waals surface area contributed by atoms with Crippen LogP contribution < -0.4 is 10.5 Å². The third-order valence-electron chi connectivity index (χ3n) is 7.52. The Morgan fingerprint density at radius 3 is 2.28 bits per heavy atom. The van der Waals surface area contributed by atoms with E-state index in [0.717, 1.165) is 80.1 Å². The summed E-state index contributed by atoms with van der Waals surface area (Å²) >= 11 is 0. The molecule has 208 valence electrons. The van der Waals surface area contributed by atoms with Crippen molar-refractivity contribution >= 4 is 10.9 Å². The second kappa shape index (κ2) is 11.4. The predicted molar refractivity (Wildman–Crippen MR) is 146 cm³/mol. The van der Waals surface area contributed by atoms with Gasteiger partial charge in [0.15, 0.2) is 0 Å². The fourth-order valence-corrected chi connectivity index (χ4v) is 5.24. The van der Waals surface area contributed by atoms with E-state index in [9.17, 15) is 13.2 Å². The number of aromatic nitrogens is 3. The zero-order valence-corrected chi connectivity index (χ0v) is 22.4. The molecule has 1 fully saturated rings. The number of aryl methyl sites for hydroxylation is 2. The van der Waals surface area contributed by atoms with Crippen molar-refractivity contribution in [3.05, 3.63) is 71.9 Å². The number of hydrogen-bond acceptors (Lipinski definition) is 5. The molecule has 5 rings (SSSR count). The van der Waals surface area contributed by atoms with Gasteiger partial charge in [0.2, 0.25) is 0 Å². The minimum atomic E-state index is -4.71. The molecule has 3 heterocycles.